The summed E-state index contributed by atoms with van der Waals surface area (Å²) < 4.78 is 0. The van der Waals surface area contributed by atoms with Gasteiger partial charge in [0.05, 0.1) is 10.6 Å². The number of rotatable bonds is 3. The first kappa shape index (κ1) is 11.7. The summed E-state index contributed by atoms with van der Waals surface area (Å²) in [7, 11) is 0. The van der Waals surface area contributed by atoms with E-state index in [1.165, 1.54) is 18.2 Å². The van der Waals surface area contributed by atoms with Crippen LogP contribution in [0.2, 0.25) is 0 Å². The van der Waals surface area contributed by atoms with Gasteiger partial charge in [-0.05, 0) is 18.2 Å². The lowest BCUT2D eigenvalue weighted by atomic mass is 10.2. The molecule has 0 atom stereocenters. The number of phenols is 1. The van der Waals surface area contributed by atoms with Crippen molar-refractivity contribution in [3.05, 3.63) is 58.6 Å². The molecular weight excluding hydrogens is 234 g/mol. The summed E-state index contributed by atoms with van der Waals surface area (Å²) >= 11 is 0. The number of nitro benzene ring substituents is 1. The van der Waals surface area contributed by atoms with Crippen molar-refractivity contribution < 1.29 is 10.0 Å². The largest absolute Gasteiger partial charge is 0.505 e. The van der Waals surface area contributed by atoms with Crippen molar-refractivity contribution >= 4 is 17.1 Å². The van der Waals surface area contributed by atoms with Gasteiger partial charge in [-0.3, -0.25) is 10.1 Å². The maximum Gasteiger partial charge on any atom is 0.300 e. The predicted molar refractivity (Wildman–Crippen MR) is 65.4 cm³/mol. The standard InChI is InChI=1S/C12H9N3O3/c16-11-8-4-7-10(15(17)18)12(11)14-13-9-5-2-1-3-6-9/h1-8,16H. The minimum Gasteiger partial charge on any atom is -0.505 e. The molecule has 0 bridgehead atoms. The Hall–Kier alpha value is -2.76. The van der Waals surface area contributed by atoms with Gasteiger partial charge in [-0.1, -0.05) is 24.3 Å². The highest BCUT2D eigenvalue weighted by Gasteiger charge is 2.16. The molecule has 6 nitrogen and oxygen atoms in total. The molecule has 0 aromatic heterocycles. The normalized spacial score (nSPS) is 10.7. The molecule has 0 radical (unpaired) electrons. The molecule has 0 unspecified atom stereocenters. The number of hydrogen-bond acceptors (Lipinski definition) is 5. The van der Waals surface area contributed by atoms with Crippen LogP contribution in [0.1, 0.15) is 0 Å². The monoisotopic (exact) mass is 243 g/mol. The molecule has 2 aromatic carbocycles. The van der Waals surface area contributed by atoms with Crippen molar-refractivity contribution in [1.82, 2.24) is 0 Å². The highest BCUT2D eigenvalue weighted by Crippen LogP contribution is 2.36. The molecule has 0 saturated carbocycles. The van der Waals surface area contributed by atoms with Crippen LogP contribution in [0.5, 0.6) is 5.75 Å². The molecule has 0 fully saturated rings. The molecule has 2 aromatic rings. The Bertz CT molecular complexity index is 597. The molecule has 0 amide bonds. The molecular formula is C12H9N3O3. The summed E-state index contributed by atoms with van der Waals surface area (Å²) in [6, 6.07) is 12.7. The summed E-state index contributed by atoms with van der Waals surface area (Å²) in [5, 5.41) is 27.9. The Balaban J connectivity index is 2.40. The first-order chi connectivity index (χ1) is 8.68. The Kier molecular flexibility index (Phi) is 3.29. The number of nitrogens with zero attached hydrogens (tertiary/aromatic N) is 3. The van der Waals surface area contributed by atoms with Crippen LogP contribution in [0, 0.1) is 10.1 Å². The molecule has 90 valence electrons. The van der Waals surface area contributed by atoms with Crippen molar-refractivity contribution in [2.45, 2.75) is 0 Å². The molecule has 0 heterocycles. The molecule has 0 saturated heterocycles. The van der Waals surface area contributed by atoms with E-state index in [0.717, 1.165) is 0 Å². The highest BCUT2D eigenvalue weighted by atomic mass is 16.6. The third-order valence-electron chi connectivity index (χ3n) is 2.21. The first-order valence-corrected chi connectivity index (χ1v) is 5.11. The van der Waals surface area contributed by atoms with Crippen LogP contribution >= 0.6 is 0 Å². The van der Waals surface area contributed by atoms with Gasteiger partial charge in [0.2, 0.25) is 5.69 Å². The maximum absolute atomic E-state index is 10.8. The van der Waals surface area contributed by atoms with Crippen molar-refractivity contribution in [3.63, 3.8) is 0 Å². The van der Waals surface area contributed by atoms with Crippen LogP contribution in [0.3, 0.4) is 0 Å². The molecule has 6 heteroatoms. The Morgan fingerprint density at radius 2 is 1.72 bits per heavy atom. The maximum atomic E-state index is 10.8. The van der Waals surface area contributed by atoms with Gasteiger partial charge in [-0.15, -0.1) is 5.11 Å². The summed E-state index contributed by atoms with van der Waals surface area (Å²) in [6.45, 7) is 0. The molecule has 0 spiro atoms. The predicted octanol–water partition coefficient (Wildman–Crippen LogP) is 3.72. The zero-order chi connectivity index (χ0) is 13.0. The van der Waals surface area contributed by atoms with Gasteiger partial charge in [0.25, 0.3) is 0 Å². The van der Waals surface area contributed by atoms with Crippen LogP contribution in [0.25, 0.3) is 0 Å². The summed E-state index contributed by atoms with van der Waals surface area (Å²) in [6.07, 6.45) is 0. The van der Waals surface area contributed by atoms with Crippen LogP contribution in [0.15, 0.2) is 58.8 Å². The summed E-state index contributed by atoms with van der Waals surface area (Å²) in [5.74, 6) is -0.274. The van der Waals surface area contributed by atoms with Crippen molar-refractivity contribution in [1.29, 1.82) is 0 Å². The van der Waals surface area contributed by atoms with E-state index in [2.05, 4.69) is 10.2 Å². The highest BCUT2D eigenvalue weighted by molar-refractivity contribution is 5.65. The van der Waals surface area contributed by atoms with Crippen molar-refractivity contribution in [2.24, 2.45) is 10.2 Å². The fraction of sp³-hybridized carbons (Fsp3) is 0. The van der Waals surface area contributed by atoms with E-state index in [4.69, 9.17) is 0 Å². The molecule has 1 N–H and O–H groups in total. The quantitative estimate of drug-likeness (QED) is 0.506. The third-order valence-corrected chi connectivity index (χ3v) is 2.21. The molecule has 0 aliphatic carbocycles. The average Bonchev–Trinajstić information content (AvgIpc) is 2.38. The zero-order valence-electron chi connectivity index (χ0n) is 9.22. The van der Waals surface area contributed by atoms with E-state index in [-0.39, 0.29) is 17.1 Å². The second-order valence-electron chi connectivity index (χ2n) is 3.44. The lowest BCUT2D eigenvalue weighted by Gasteiger charge is -1.98. The van der Waals surface area contributed by atoms with Gasteiger partial charge in [0, 0.05) is 6.07 Å². The van der Waals surface area contributed by atoms with Gasteiger partial charge < -0.3 is 5.11 Å². The summed E-state index contributed by atoms with van der Waals surface area (Å²) in [5.41, 5.74) is 0.121. The number of aromatic hydroxyl groups is 1. The van der Waals surface area contributed by atoms with Crippen LogP contribution in [-0.2, 0) is 0 Å². The fourth-order valence-corrected chi connectivity index (χ4v) is 1.37. The first-order valence-electron chi connectivity index (χ1n) is 5.11. The lowest BCUT2D eigenvalue weighted by molar-refractivity contribution is -0.384. The Morgan fingerprint density at radius 1 is 1.00 bits per heavy atom. The second-order valence-corrected chi connectivity index (χ2v) is 3.44. The van der Waals surface area contributed by atoms with Gasteiger partial charge in [-0.2, -0.15) is 5.11 Å². The average molecular weight is 243 g/mol. The number of phenolic OH excluding ortho intramolecular Hbond substituents is 1. The number of nitro groups is 1. The number of benzene rings is 2. The molecule has 2 rings (SSSR count). The van der Waals surface area contributed by atoms with Gasteiger partial charge in [-0.25, -0.2) is 0 Å². The van der Waals surface area contributed by atoms with E-state index in [9.17, 15) is 15.2 Å². The van der Waals surface area contributed by atoms with Gasteiger partial charge in [0.15, 0.2) is 0 Å². The van der Waals surface area contributed by atoms with Crippen molar-refractivity contribution in [3.8, 4) is 5.75 Å². The minimum atomic E-state index is -0.612. The van der Waals surface area contributed by atoms with Gasteiger partial charge in [0.1, 0.15) is 5.75 Å². The molecule has 0 aliphatic rings. The third kappa shape index (κ3) is 2.49. The van der Waals surface area contributed by atoms with Crippen LogP contribution < -0.4 is 0 Å². The SMILES string of the molecule is O=[N+]([O-])c1cccc(O)c1N=Nc1ccccc1. The van der Waals surface area contributed by atoms with E-state index in [1.807, 2.05) is 6.07 Å². The topological polar surface area (TPSA) is 88.1 Å². The van der Waals surface area contributed by atoms with E-state index < -0.39 is 4.92 Å². The van der Waals surface area contributed by atoms with E-state index in [0.29, 0.717) is 5.69 Å². The van der Waals surface area contributed by atoms with Crippen LogP contribution in [-0.4, -0.2) is 10.0 Å². The Labute approximate surface area is 102 Å². The molecule has 0 aliphatic heterocycles. The fourth-order valence-electron chi connectivity index (χ4n) is 1.37. The second kappa shape index (κ2) is 5.05. The minimum absolute atomic E-state index is 0.147. The van der Waals surface area contributed by atoms with Crippen LogP contribution in [0.4, 0.5) is 17.1 Å². The molecule has 18 heavy (non-hydrogen) atoms. The lowest BCUT2D eigenvalue weighted by Crippen LogP contribution is -1.87. The van der Waals surface area contributed by atoms with Crippen molar-refractivity contribution in [2.75, 3.05) is 0 Å². The van der Waals surface area contributed by atoms with Gasteiger partial charge >= 0.3 is 5.69 Å². The van der Waals surface area contributed by atoms with E-state index in [1.54, 1.807) is 24.3 Å². The zero-order valence-corrected chi connectivity index (χ0v) is 9.22. The smallest absolute Gasteiger partial charge is 0.300 e. The number of hydrogen-bond donors (Lipinski definition) is 1. The Morgan fingerprint density at radius 3 is 2.39 bits per heavy atom. The van der Waals surface area contributed by atoms with E-state index >= 15 is 0 Å². The summed E-state index contributed by atoms with van der Waals surface area (Å²) in [4.78, 5) is 10.2. The number of azo groups is 1.